The molecule has 0 unspecified atom stereocenters. The van der Waals surface area contributed by atoms with Crippen molar-refractivity contribution in [2.24, 2.45) is 0 Å². The van der Waals surface area contributed by atoms with Crippen LogP contribution in [0.1, 0.15) is 5.56 Å². The lowest BCUT2D eigenvalue weighted by atomic mass is 10.2. The van der Waals surface area contributed by atoms with Crippen LogP contribution in [0.25, 0.3) is 10.2 Å². The molecule has 0 atom stereocenters. The number of fused-ring (bicyclic) bond motifs is 1. The van der Waals surface area contributed by atoms with Gasteiger partial charge in [0.15, 0.2) is 5.13 Å². The summed E-state index contributed by atoms with van der Waals surface area (Å²) in [6.45, 7) is 2.03. The number of benzene rings is 2. The number of nitrogens with one attached hydrogen (secondary N) is 1. The van der Waals surface area contributed by atoms with Crippen LogP contribution in [-0.4, -0.2) is 4.98 Å². The average molecular weight is 293 g/mol. The van der Waals surface area contributed by atoms with Gasteiger partial charge in [0.25, 0.3) is 0 Å². The van der Waals surface area contributed by atoms with Crippen LogP contribution in [0, 0.1) is 12.7 Å². The Balaban J connectivity index is 2.01. The van der Waals surface area contributed by atoms with Crippen molar-refractivity contribution in [1.82, 2.24) is 4.98 Å². The third-order valence-electron chi connectivity index (χ3n) is 2.74. The fourth-order valence-corrected chi connectivity index (χ4v) is 2.99. The molecular weight excluding hydrogens is 283 g/mol. The van der Waals surface area contributed by atoms with Crippen LogP contribution >= 0.6 is 22.9 Å². The summed E-state index contributed by atoms with van der Waals surface area (Å²) in [5, 5.41) is 3.92. The van der Waals surface area contributed by atoms with E-state index in [0.29, 0.717) is 10.2 Å². The molecule has 0 aliphatic rings. The van der Waals surface area contributed by atoms with Crippen LogP contribution in [0.4, 0.5) is 15.2 Å². The zero-order valence-electron chi connectivity index (χ0n) is 10.1. The summed E-state index contributed by atoms with van der Waals surface area (Å²) in [6, 6.07) is 10.6. The second-order valence-electron chi connectivity index (χ2n) is 4.21. The van der Waals surface area contributed by atoms with Crippen LogP contribution < -0.4 is 5.32 Å². The Bertz CT molecular complexity index is 734. The number of aryl methyl sites for hydroxylation is 1. The highest BCUT2D eigenvalue weighted by Crippen LogP contribution is 2.32. The highest BCUT2D eigenvalue weighted by Gasteiger charge is 2.10. The summed E-state index contributed by atoms with van der Waals surface area (Å²) in [4.78, 5) is 4.41. The molecule has 3 rings (SSSR count). The second-order valence-corrected chi connectivity index (χ2v) is 5.65. The predicted molar refractivity (Wildman–Crippen MR) is 79.0 cm³/mol. The van der Waals surface area contributed by atoms with E-state index in [-0.39, 0.29) is 11.5 Å². The molecule has 19 heavy (non-hydrogen) atoms. The molecule has 5 heteroatoms. The highest BCUT2D eigenvalue weighted by molar-refractivity contribution is 7.22. The maximum absolute atomic E-state index is 13.7. The maximum atomic E-state index is 13.7. The number of nitrogens with zero attached hydrogens (tertiary/aromatic N) is 1. The predicted octanol–water partition coefficient (Wildman–Crippen LogP) is 5.14. The van der Waals surface area contributed by atoms with Gasteiger partial charge in [-0.2, -0.15) is 0 Å². The van der Waals surface area contributed by atoms with E-state index >= 15 is 0 Å². The molecule has 0 radical (unpaired) electrons. The quantitative estimate of drug-likeness (QED) is 0.707. The lowest BCUT2D eigenvalue weighted by molar-refractivity contribution is 0.632. The van der Waals surface area contributed by atoms with Gasteiger partial charge in [-0.15, -0.1) is 0 Å². The lowest BCUT2D eigenvalue weighted by Crippen LogP contribution is -1.93. The Labute approximate surface area is 118 Å². The molecule has 0 spiro atoms. The van der Waals surface area contributed by atoms with E-state index in [2.05, 4.69) is 16.4 Å². The molecule has 2 aromatic carbocycles. The van der Waals surface area contributed by atoms with Crippen LogP contribution in [0.3, 0.4) is 0 Å². The minimum Gasteiger partial charge on any atom is -0.328 e. The van der Waals surface area contributed by atoms with E-state index in [0.717, 1.165) is 10.2 Å². The van der Waals surface area contributed by atoms with Crippen LogP contribution in [0.15, 0.2) is 36.4 Å². The standard InChI is InChI=1S/C14H10ClFN2S/c1-8-5-6-11-12(7-8)19-14(17-11)18-13-9(15)3-2-4-10(13)16/h2-7H,1H3,(H,17,18). The average Bonchev–Trinajstić information content (AvgIpc) is 2.75. The van der Waals surface area contributed by atoms with Crippen molar-refractivity contribution in [2.75, 3.05) is 5.32 Å². The first kappa shape index (κ1) is 12.4. The van der Waals surface area contributed by atoms with Crippen molar-refractivity contribution >= 4 is 44.0 Å². The van der Waals surface area contributed by atoms with Gasteiger partial charge in [0.05, 0.1) is 20.9 Å². The van der Waals surface area contributed by atoms with Gasteiger partial charge in [0.1, 0.15) is 5.82 Å². The molecule has 0 bridgehead atoms. The number of para-hydroxylation sites is 1. The van der Waals surface area contributed by atoms with Crippen LogP contribution in [-0.2, 0) is 0 Å². The summed E-state index contributed by atoms with van der Waals surface area (Å²) in [5.74, 6) is -0.386. The van der Waals surface area contributed by atoms with Gasteiger partial charge in [-0.25, -0.2) is 9.37 Å². The van der Waals surface area contributed by atoms with Crippen molar-refractivity contribution < 1.29 is 4.39 Å². The molecule has 2 nitrogen and oxygen atoms in total. The van der Waals surface area contributed by atoms with Crippen molar-refractivity contribution in [2.45, 2.75) is 6.92 Å². The van der Waals surface area contributed by atoms with E-state index in [4.69, 9.17) is 11.6 Å². The third kappa shape index (κ3) is 2.41. The zero-order chi connectivity index (χ0) is 13.4. The van der Waals surface area contributed by atoms with Gasteiger partial charge in [-0.3, -0.25) is 0 Å². The van der Waals surface area contributed by atoms with E-state index in [1.807, 2.05) is 19.1 Å². The lowest BCUT2D eigenvalue weighted by Gasteiger charge is -2.05. The SMILES string of the molecule is Cc1ccc2nc(Nc3c(F)cccc3Cl)sc2c1. The number of rotatable bonds is 2. The van der Waals surface area contributed by atoms with Crippen LogP contribution in [0.2, 0.25) is 5.02 Å². The first-order chi connectivity index (χ1) is 9.13. The number of hydrogen-bond donors (Lipinski definition) is 1. The van der Waals surface area contributed by atoms with Crippen molar-refractivity contribution in [3.8, 4) is 0 Å². The normalized spacial score (nSPS) is 10.9. The number of thiazole rings is 1. The first-order valence-electron chi connectivity index (χ1n) is 5.72. The second kappa shape index (κ2) is 4.79. The Morgan fingerprint density at radius 3 is 2.89 bits per heavy atom. The van der Waals surface area contributed by atoms with Gasteiger partial charge in [-0.05, 0) is 36.8 Å². The molecule has 3 aromatic rings. The Morgan fingerprint density at radius 2 is 2.11 bits per heavy atom. The number of aromatic nitrogens is 1. The summed E-state index contributed by atoms with van der Waals surface area (Å²) in [6.07, 6.45) is 0. The van der Waals surface area contributed by atoms with Crippen LogP contribution in [0.5, 0.6) is 0 Å². The fourth-order valence-electron chi connectivity index (χ4n) is 1.81. The van der Waals surface area contributed by atoms with Crippen molar-refractivity contribution in [3.05, 3.63) is 52.8 Å². The fraction of sp³-hybridized carbons (Fsp3) is 0.0714. The van der Waals surface area contributed by atoms with E-state index < -0.39 is 0 Å². The highest BCUT2D eigenvalue weighted by atomic mass is 35.5. The number of hydrogen-bond acceptors (Lipinski definition) is 3. The van der Waals surface area contributed by atoms with Gasteiger partial charge in [-0.1, -0.05) is 35.1 Å². The summed E-state index contributed by atoms with van der Waals surface area (Å²) in [5.41, 5.74) is 2.33. The Morgan fingerprint density at radius 1 is 1.26 bits per heavy atom. The smallest absolute Gasteiger partial charge is 0.188 e. The monoisotopic (exact) mass is 292 g/mol. The first-order valence-corrected chi connectivity index (χ1v) is 6.91. The molecule has 0 saturated carbocycles. The topological polar surface area (TPSA) is 24.9 Å². The molecule has 1 N–H and O–H groups in total. The van der Waals surface area contributed by atoms with Gasteiger partial charge < -0.3 is 5.32 Å². The van der Waals surface area contributed by atoms with E-state index in [1.54, 1.807) is 12.1 Å². The van der Waals surface area contributed by atoms with Gasteiger partial charge in [0.2, 0.25) is 0 Å². The third-order valence-corrected chi connectivity index (χ3v) is 3.99. The number of anilines is 2. The Kier molecular flexibility index (Phi) is 3.12. The minimum absolute atomic E-state index is 0.264. The molecular formula is C14H10ClFN2S. The molecule has 0 aliphatic carbocycles. The summed E-state index contributed by atoms with van der Waals surface area (Å²) >= 11 is 7.45. The zero-order valence-corrected chi connectivity index (χ0v) is 11.6. The number of halogens is 2. The molecule has 0 fully saturated rings. The summed E-state index contributed by atoms with van der Waals surface area (Å²) < 4.78 is 14.8. The molecule has 0 saturated heterocycles. The van der Waals surface area contributed by atoms with Gasteiger partial charge in [0, 0.05) is 0 Å². The van der Waals surface area contributed by atoms with Crippen molar-refractivity contribution in [3.63, 3.8) is 0 Å². The van der Waals surface area contributed by atoms with E-state index in [9.17, 15) is 4.39 Å². The van der Waals surface area contributed by atoms with Crippen molar-refractivity contribution in [1.29, 1.82) is 0 Å². The molecule has 1 aromatic heterocycles. The van der Waals surface area contributed by atoms with Gasteiger partial charge >= 0.3 is 0 Å². The van der Waals surface area contributed by atoms with E-state index in [1.165, 1.54) is 23.0 Å². The molecule has 0 aliphatic heterocycles. The maximum Gasteiger partial charge on any atom is 0.188 e. The summed E-state index contributed by atoms with van der Waals surface area (Å²) in [7, 11) is 0. The molecule has 96 valence electrons. The molecule has 1 heterocycles. The molecule has 0 amide bonds. The minimum atomic E-state index is -0.386. The Hall–Kier alpha value is -1.65. The largest absolute Gasteiger partial charge is 0.328 e.